The number of rotatable bonds is 12. The van der Waals surface area contributed by atoms with E-state index in [9.17, 15) is 18.0 Å². The summed E-state index contributed by atoms with van der Waals surface area (Å²) in [6.45, 7) is 5.08. The Kier molecular flexibility index (Phi) is 10.7. The van der Waals surface area contributed by atoms with Crippen molar-refractivity contribution in [2.45, 2.75) is 76.4 Å². The Morgan fingerprint density at radius 3 is 2.35 bits per heavy atom. The molecule has 1 N–H and O–H groups in total. The van der Waals surface area contributed by atoms with E-state index in [2.05, 4.69) is 5.32 Å². The zero-order chi connectivity index (χ0) is 31.1. The molecule has 43 heavy (non-hydrogen) atoms. The van der Waals surface area contributed by atoms with Crippen molar-refractivity contribution in [1.82, 2.24) is 10.2 Å². The number of methoxy groups -OCH3 is 1. The molecule has 230 valence electrons. The van der Waals surface area contributed by atoms with Crippen LogP contribution in [0, 0.1) is 13.8 Å². The molecule has 3 aromatic rings. The molecule has 1 fully saturated rings. The fourth-order valence-electron chi connectivity index (χ4n) is 5.50. The molecule has 8 nitrogen and oxygen atoms in total. The van der Waals surface area contributed by atoms with Gasteiger partial charge >= 0.3 is 0 Å². The van der Waals surface area contributed by atoms with E-state index in [-0.39, 0.29) is 23.4 Å². The van der Waals surface area contributed by atoms with Gasteiger partial charge < -0.3 is 15.0 Å². The number of halogens is 1. The van der Waals surface area contributed by atoms with Crippen LogP contribution in [-0.4, -0.2) is 50.9 Å². The number of aryl methyl sites for hydroxylation is 2. The molecule has 1 aliphatic carbocycles. The lowest BCUT2D eigenvalue weighted by Crippen LogP contribution is -2.53. The lowest BCUT2D eigenvalue weighted by Gasteiger charge is -2.34. The van der Waals surface area contributed by atoms with Crippen LogP contribution in [0.25, 0.3) is 0 Å². The average Bonchev–Trinajstić information content (AvgIpc) is 3.49. The number of nitrogens with zero attached hydrogens (tertiary/aromatic N) is 2. The van der Waals surface area contributed by atoms with Crippen molar-refractivity contribution in [1.29, 1.82) is 0 Å². The molecule has 1 atom stereocenters. The zero-order valence-electron chi connectivity index (χ0n) is 25.2. The number of hydrogen-bond acceptors (Lipinski definition) is 5. The second-order valence-corrected chi connectivity index (χ2v) is 13.3. The van der Waals surface area contributed by atoms with E-state index in [0.29, 0.717) is 28.4 Å². The summed E-state index contributed by atoms with van der Waals surface area (Å²) in [6, 6.07) is 17.9. The predicted octanol–water partition coefficient (Wildman–Crippen LogP) is 6.03. The maximum absolute atomic E-state index is 14.3. The number of carbonyl (C=O) groups is 2. The van der Waals surface area contributed by atoms with Crippen molar-refractivity contribution in [2.75, 3.05) is 18.0 Å². The van der Waals surface area contributed by atoms with E-state index >= 15 is 0 Å². The van der Waals surface area contributed by atoms with Gasteiger partial charge in [0.25, 0.3) is 10.0 Å². The molecule has 0 unspecified atom stereocenters. The van der Waals surface area contributed by atoms with Crippen LogP contribution in [0.4, 0.5) is 5.69 Å². The summed E-state index contributed by atoms with van der Waals surface area (Å²) in [5.41, 5.74) is 2.60. The summed E-state index contributed by atoms with van der Waals surface area (Å²) in [5.74, 6) is -0.115. The molecule has 1 aliphatic rings. The third-order valence-electron chi connectivity index (χ3n) is 7.89. The molecule has 0 spiro atoms. The largest absolute Gasteiger partial charge is 0.497 e. The van der Waals surface area contributed by atoms with Crippen LogP contribution in [0.3, 0.4) is 0 Å². The molecule has 1 saturated carbocycles. The summed E-state index contributed by atoms with van der Waals surface area (Å²) in [4.78, 5) is 29.5. The Morgan fingerprint density at radius 1 is 1.02 bits per heavy atom. The number of carbonyl (C=O) groups excluding carboxylic acids is 2. The van der Waals surface area contributed by atoms with Gasteiger partial charge in [0.2, 0.25) is 11.8 Å². The molecule has 4 rings (SSSR count). The van der Waals surface area contributed by atoms with Crippen molar-refractivity contribution in [3.05, 3.63) is 88.4 Å². The van der Waals surface area contributed by atoms with E-state index in [1.54, 1.807) is 50.4 Å². The smallest absolute Gasteiger partial charge is 0.264 e. The molecule has 10 heteroatoms. The van der Waals surface area contributed by atoms with Gasteiger partial charge in [-0.05, 0) is 86.7 Å². The molecule has 0 bridgehead atoms. The third-order valence-corrected chi connectivity index (χ3v) is 9.90. The van der Waals surface area contributed by atoms with Gasteiger partial charge in [0.05, 0.1) is 17.7 Å². The van der Waals surface area contributed by atoms with E-state index in [1.807, 2.05) is 32.0 Å². The number of sulfonamides is 1. The SMILES string of the molecule is CC[C@@H](C(=O)NC1CCCC1)N(Cc1cccc(OC)c1)C(=O)CN(c1ccc(Cl)cc1C)S(=O)(=O)c1ccc(C)cc1. The van der Waals surface area contributed by atoms with Crippen molar-refractivity contribution >= 4 is 39.1 Å². The first-order chi connectivity index (χ1) is 20.5. The van der Waals surface area contributed by atoms with Gasteiger partial charge in [-0.15, -0.1) is 0 Å². The van der Waals surface area contributed by atoms with Gasteiger partial charge in [-0.2, -0.15) is 0 Å². The van der Waals surface area contributed by atoms with E-state index < -0.39 is 28.5 Å². The highest BCUT2D eigenvalue weighted by Gasteiger charge is 2.35. The number of amides is 2. The maximum atomic E-state index is 14.3. The van der Waals surface area contributed by atoms with Crippen molar-refractivity contribution in [3.63, 3.8) is 0 Å². The lowest BCUT2D eigenvalue weighted by atomic mass is 10.1. The molecular formula is C33H40ClN3O5S. The van der Waals surface area contributed by atoms with E-state index in [0.717, 1.165) is 41.1 Å². The van der Waals surface area contributed by atoms with E-state index in [4.69, 9.17) is 16.3 Å². The number of hydrogen-bond donors (Lipinski definition) is 1. The molecule has 0 aliphatic heterocycles. The summed E-state index contributed by atoms with van der Waals surface area (Å²) in [7, 11) is -2.60. The fourth-order valence-corrected chi connectivity index (χ4v) is 7.21. The van der Waals surface area contributed by atoms with Gasteiger partial charge in [0, 0.05) is 17.6 Å². The molecule has 0 radical (unpaired) electrons. The average molecular weight is 626 g/mol. The van der Waals surface area contributed by atoms with Gasteiger partial charge in [0.15, 0.2) is 0 Å². The van der Waals surface area contributed by atoms with Crippen LogP contribution in [-0.2, 0) is 26.2 Å². The van der Waals surface area contributed by atoms with Crippen molar-refractivity contribution < 1.29 is 22.7 Å². The minimum Gasteiger partial charge on any atom is -0.497 e. The Hall–Kier alpha value is -3.56. The molecule has 0 aromatic heterocycles. The number of nitrogens with one attached hydrogen (secondary N) is 1. The standard InChI is InChI=1S/C33H40ClN3O5S/c1-5-30(33(39)35-27-10-6-7-11-27)36(21-25-9-8-12-28(20-25)42-4)32(38)22-37(31-18-15-26(34)19-24(31)3)43(40,41)29-16-13-23(2)14-17-29/h8-9,12-20,27,30H,5-7,10-11,21-22H2,1-4H3,(H,35,39)/t30-/m0/s1. The first kappa shape index (κ1) is 32.4. The minimum atomic E-state index is -4.17. The summed E-state index contributed by atoms with van der Waals surface area (Å²) in [5, 5.41) is 3.58. The minimum absolute atomic E-state index is 0.0608. The Labute approximate surface area is 260 Å². The Balaban J connectivity index is 1.75. The van der Waals surface area contributed by atoms with Crippen LogP contribution in [0.2, 0.25) is 5.02 Å². The topological polar surface area (TPSA) is 96.0 Å². The van der Waals surface area contributed by atoms with Crippen LogP contribution >= 0.6 is 11.6 Å². The van der Waals surface area contributed by atoms with Gasteiger partial charge in [-0.25, -0.2) is 8.42 Å². The van der Waals surface area contributed by atoms with E-state index in [1.165, 1.54) is 17.0 Å². The van der Waals surface area contributed by atoms with Crippen molar-refractivity contribution in [2.24, 2.45) is 0 Å². The number of benzene rings is 3. The summed E-state index contributed by atoms with van der Waals surface area (Å²) in [6.07, 6.45) is 4.29. The van der Waals surface area contributed by atoms with Crippen LogP contribution in [0.1, 0.15) is 55.7 Å². The maximum Gasteiger partial charge on any atom is 0.264 e. The zero-order valence-corrected chi connectivity index (χ0v) is 26.7. The highest BCUT2D eigenvalue weighted by atomic mass is 35.5. The Bertz CT molecular complexity index is 1540. The number of ether oxygens (including phenoxy) is 1. The van der Waals surface area contributed by atoms with Crippen LogP contribution in [0.15, 0.2) is 71.6 Å². The first-order valence-electron chi connectivity index (χ1n) is 14.6. The predicted molar refractivity (Wildman–Crippen MR) is 170 cm³/mol. The number of anilines is 1. The molecule has 0 saturated heterocycles. The van der Waals surface area contributed by atoms with Crippen molar-refractivity contribution in [3.8, 4) is 5.75 Å². The second-order valence-electron chi connectivity index (χ2n) is 11.0. The van der Waals surface area contributed by atoms with Gasteiger partial charge in [0.1, 0.15) is 18.3 Å². The lowest BCUT2D eigenvalue weighted by molar-refractivity contribution is -0.140. The third kappa shape index (κ3) is 7.89. The van der Waals surface area contributed by atoms with Gasteiger partial charge in [-0.3, -0.25) is 13.9 Å². The van der Waals surface area contributed by atoms with Gasteiger partial charge in [-0.1, -0.05) is 61.2 Å². The quantitative estimate of drug-likeness (QED) is 0.265. The molecular weight excluding hydrogens is 586 g/mol. The fraction of sp³-hybridized carbons (Fsp3) is 0.394. The second kappa shape index (κ2) is 14.3. The Morgan fingerprint density at radius 2 is 1.72 bits per heavy atom. The molecule has 3 aromatic carbocycles. The summed E-state index contributed by atoms with van der Waals surface area (Å²) >= 11 is 6.21. The highest BCUT2D eigenvalue weighted by Crippen LogP contribution is 2.30. The normalized spacial score (nSPS) is 14.3. The monoisotopic (exact) mass is 625 g/mol. The molecule has 2 amide bonds. The van der Waals surface area contributed by atoms with Crippen LogP contribution in [0.5, 0.6) is 5.75 Å². The first-order valence-corrected chi connectivity index (χ1v) is 16.4. The van der Waals surface area contributed by atoms with Crippen LogP contribution < -0.4 is 14.4 Å². The summed E-state index contributed by atoms with van der Waals surface area (Å²) < 4.78 is 34.7. The highest BCUT2D eigenvalue weighted by molar-refractivity contribution is 7.92. The molecule has 0 heterocycles.